The smallest absolute Gasteiger partial charge is 0.309 e. The van der Waals surface area contributed by atoms with Crippen molar-refractivity contribution in [1.29, 1.82) is 5.26 Å². The van der Waals surface area contributed by atoms with Crippen molar-refractivity contribution < 1.29 is 15.0 Å². The minimum absolute atomic E-state index is 0.0148. The number of carboxylic acids is 1. The fourth-order valence-corrected chi connectivity index (χ4v) is 8.11. The molecular formula is C21H31NO3. The minimum atomic E-state index is -0.636. The lowest BCUT2D eigenvalue weighted by Crippen LogP contribution is -2.66. The summed E-state index contributed by atoms with van der Waals surface area (Å²) in [6, 6.07) is 2.30. The lowest BCUT2D eigenvalue weighted by molar-refractivity contribution is -0.244. The first-order chi connectivity index (χ1) is 11.8. The van der Waals surface area contributed by atoms with E-state index in [4.69, 9.17) is 0 Å². The summed E-state index contributed by atoms with van der Waals surface area (Å²) in [4.78, 5) is 12.1. The van der Waals surface area contributed by atoms with Crippen molar-refractivity contribution in [3.63, 3.8) is 0 Å². The van der Waals surface area contributed by atoms with E-state index >= 15 is 0 Å². The predicted molar refractivity (Wildman–Crippen MR) is 93.4 cm³/mol. The fraction of sp³-hybridized carbons (Fsp3) is 0.905. The molecule has 5 rings (SSSR count). The van der Waals surface area contributed by atoms with Crippen LogP contribution in [0, 0.1) is 51.2 Å². The van der Waals surface area contributed by atoms with E-state index in [1.807, 2.05) is 6.92 Å². The number of rotatable bonds is 2. The van der Waals surface area contributed by atoms with Gasteiger partial charge in [0.25, 0.3) is 0 Å². The summed E-state index contributed by atoms with van der Waals surface area (Å²) in [5, 5.41) is 30.4. The number of carbonyl (C=O) groups is 1. The van der Waals surface area contributed by atoms with E-state index in [0.29, 0.717) is 18.3 Å². The Balaban J connectivity index is 1.73. The molecule has 2 bridgehead atoms. The van der Waals surface area contributed by atoms with Crippen LogP contribution in [0.4, 0.5) is 0 Å². The maximum absolute atomic E-state index is 12.1. The van der Waals surface area contributed by atoms with Crippen LogP contribution in [0.5, 0.6) is 0 Å². The monoisotopic (exact) mass is 345 g/mol. The summed E-state index contributed by atoms with van der Waals surface area (Å²) in [5.74, 6) is 0.562. The van der Waals surface area contributed by atoms with Crippen LogP contribution in [-0.4, -0.2) is 22.3 Å². The van der Waals surface area contributed by atoms with Gasteiger partial charge in [0.05, 0.1) is 17.6 Å². The van der Waals surface area contributed by atoms with E-state index < -0.39 is 11.4 Å². The Bertz CT molecular complexity index is 627. The molecule has 0 heterocycles. The van der Waals surface area contributed by atoms with Gasteiger partial charge in [0, 0.05) is 12.3 Å². The number of hydrogen-bond acceptors (Lipinski definition) is 3. The predicted octanol–water partition coefficient (Wildman–Crippen LogP) is 3.98. The van der Waals surface area contributed by atoms with Crippen LogP contribution in [0.15, 0.2) is 0 Å². The fourth-order valence-electron chi connectivity index (χ4n) is 8.11. The zero-order valence-electron chi connectivity index (χ0n) is 15.5. The van der Waals surface area contributed by atoms with E-state index in [0.717, 1.165) is 51.4 Å². The van der Waals surface area contributed by atoms with Gasteiger partial charge in [-0.1, -0.05) is 13.3 Å². The highest BCUT2D eigenvalue weighted by Crippen LogP contribution is 2.72. The number of aliphatic hydroxyl groups is 1. The molecule has 0 aromatic carbocycles. The Morgan fingerprint density at radius 3 is 2.56 bits per heavy atom. The first-order valence-electron chi connectivity index (χ1n) is 10.1. The summed E-state index contributed by atoms with van der Waals surface area (Å²) >= 11 is 0. The van der Waals surface area contributed by atoms with Crippen LogP contribution >= 0.6 is 0 Å². The summed E-state index contributed by atoms with van der Waals surface area (Å²) in [6.45, 7) is 4.29. The molecule has 8 atom stereocenters. The Labute approximate surface area is 150 Å². The molecule has 0 aliphatic heterocycles. The van der Waals surface area contributed by atoms with Crippen molar-refractivity contribution in [2.45, 2.75) is 77.7 Å². The van der Waals surface area contributed by atoms with Crippen LogP contribution in [0.3, 0.4) is 0 Å². The molecule has 2 N–H and O–H groups in total. The molecular weight excluding hydrogens is 314 g/mol. The lowest BCUT2D eigenvalue weighted by Gasteiger charge is -2.69. The first-order valence-corrected chi connectivity index (χ1v) is 10.1. The molecule has 5 aliphatic rings. The number of fused-ring (bicyclic) bond motifs is 3. The molecule has 0 saturated heterocycles. The van der Waals surface area contributed by atoms with Gasteiger partial charge < -0.3 is 10.2 Å². The third-order valence-corrected chi connectivity index (χ3v) is 9.30. The third kappa shape index (κ3) is 2.05. The van der Waals surface area contributed by atoms with Crippen LogP contribution in [-0.2, 0) is 4.79 Å². The Hall–Kier alpha value is -1.08. The van der Waals surface area contributed by atoms with Gasteiger partial charge >= 0.3 is 5.97 Å². The maximum Gasteiger partial charge on any atom is 0.309 e. The van der Waals surface area contributed by atoms with E-state index in [2.05, 4.69) is 13.0 Å². The summed E-state index contributed by atoms with van der Waals surface area (Å²) in [6.07, 6.45) is 8.09. The van der Waals surface area contributed by atoms with Crippen molar-refractivity contribution in [3.8, 4) is 6.07 Å². The summed E-state index contributed by atoms with van der Waals surface area (Å²) < 4.78 is 0. The molecule has 4 nitrogen and oxygen atoms in total. The minimum Gasteiger partial charge on any atom is -0.481 e. The van der Waals surface area contributed by atoms with Crippen molar-refractivity contribution in [2.24, 2.45) is 39.9 Å². The Morgan fingerprint density at radius 2 is 1.88 bits per heavy atom. The number of carboxylic acid groups (broad SMARTS) is 1. The van der Waals surface area contributed by atoms with E-state index in [-0.39, 0.29) is 28.8 Å². The van der Waals surface area contributed by atoms with Crippen LogP contribution in [0.1, 0.15) is 71.6 Å². The SMILES string of the molecule is C[C@@]12CCC[C@@](C)(C(=O)O)[C@H]1CC[C@@]13CC[C@@H](C[C@@H]21)[C@H](CC#N)[C@H]3O. The third-order valence-electron chi connectivity index (χ3n) is 9.30. The van der Waals surface area contributed by atoms with Crippen molar-refractivity contribution >= 4 is 5.97 Å². The number of aliphatic hydroxyl groups excluding tert-OH is 1. The van der Waals surface area contributed by atoms with Crippen molar-refractivity contribution in [1.82, 2.24) is 0 Å². The highest BCUT2D eigenvalue weighted by molar-refractivity contribution is 5.75. The number of aliphatic carboxylic acids is 1. The van der Waals surface area contributed by atoms with Crippen molar-refractivity contribution in [3.05, 3.63) is 0 Å². The standard InChI is InChI=1S/C21H31NO3/c1-19-7-3-8-20(2,18(24)25)15(19)5-10-21-9-4-13(12-16(19)21)14(6-11-22)17(21)23/h13-17,23H,3-10,12H2,1-2H3,(H,24,25)/t13-,14-,15-,16-,17+,19+,20+,21-/m0/s1. The summed E-state index contributed by atoms with van der Waals surface area (Å²) in [7, 11) is 0. The molecule has 0 unspecified atom stereocenters. The molecule has 4 heteroatoms. The topological polar surface area (TPSA) is 81.3 Å². The Morgan fingerprint density at radius 1 is 1.16 bits per heavy atom. The van der Waals surface area contributed by atoms with Gasteiger partial charge in [-0.15, -0.1) is 0 Å². The molecule has 5 aliphatic carbocycles. The lowest BCUT2D eigenvalue weighted by atomic mass is 9.35. The molecule has 0 amide bonds. The number of nitrogens with zero attached hydrogens (tertiary/aromatic N) is 1. The molecule has 25 heavy (non-hydrogen) atoms. The molecule has 0 aromatic rings. The highest BCUT2D eigenvalue weighted by Gasteiger charge is 2.68. The zero-order chi connectivity index (χ0) is 18.0. The normalized spacial score (nSPS) is 54.2. The molecule has 0 aromatic heterocycles. The van der Waals surface area contributed by atoms with Gasteiger partial charge in [0.1, 0.15) is 0 Å². The van der Waals surface area contributed by atoms with E-state index in [1.54, 1.807) is 0 Å². The molecule has 0 radical (unpaired) electrons. The Kier molecular flexibility index (Phi) is 3.79. The highest BCUT2D eigenvalue weighted by atomic mass is 16.4. The molecule has 1 spiro atoms. The van der Waals surface area contributed by atoms with E-state index in [9.17, 15) is 20.3 Å². The average Bonchev–Trinajstić information content (AvgIpc) is 2.57. The van der Waals surface area contributed by atoms with Crippen molar-refractivity contribution in [2.75, 3.05) is 0 Å². The quantitative estimate of drug-likeness (QED) is 0.793. The second kappa shape index (κ2) is 5.46. The molecule has 5 saturated carbocycles. The van der Waals surface area contributed by atoms with Crippen LogP contribution < -0.4 is 0 Å². The average molecular weight is 345 g/mol. The van der Waals surface area contributed by atoms with Gasteiger partial charge in [0.15, 0.2) is 0 Å². The second-order valence-electron chi connectivity index (χ2n) is 9.96. The van der Waals surface area contributed by atoms with Crippen LogP contribution in [0.25, 0.3) is 0 Å². The second-order valence-corrected chi connectivity index (χ2v) is 9.96. The first kappa shape index (κ1) is 17.3. The molecule has 138 valence electrons. The largest absolute Gasteiger partial charge is 0.481 e. The van der Waals surface area contributed by atoms with E-state index in [1.165, 1.54) is 0 Å². The maximum atomic E-state index is 12.1. The van der Waals surface area contributed by atoms with Gasteiger partial charge in [-0.2, -0.15) is 5.26 Å². The number of hydrogen-bond donors (Lipinski definition) is 2. The van der Waals surface area contributed by atoms with Gasteiger partial charge in [-0.3, -0.25) is 4.79 Å². The number of nitriles is 1. The zero-order valence-corrected chi connectivity index (χ0v) is 15.5. The van der Waals surface area contributed by atoms with Crippen LogP contribution in [0.2, 0.25) is 0 Å². The molecule has 5 fully saturated rings. The summed E-state index contributed by atoms with van der Waals surface area (Å²) in [5.41, 5.74) is -0.679. The van der Waals surface area contributed by atoms with Gasteiger partial charge in [-0.05, 0) is 80.5 Å². The van der Waals surface area contributed by atoms with Gasteiger partial charge in [-0.25, -0.2) is 0 Å². The van der Waals surface area contributed by atoms with Gasteiger partial charge in [0.2, 0.25) is 0 Å².